The molecule has 0 bridgehead atoms. The molecule has 0 radical (unpaired) electrons. The predicted octanol–water partition coefficient (Wildman–Crippen LogP) is 12.3. The number of fused-ring (bicyclic) bond motifs is 13. The summed E-state index contributed by atoms with van der Waals surface area (Å²) in [6.07, 6.45) is 0. The summed E-state index contributed by atoms with van der Waals surface area (Å²) in [6.45, 7) is 0. The molecule has 48 heavy (non-hydrogen) atoms. The number of aromatic nitrogens is 2. The minimum atomic E-state index is 0.933. The second-order valence-electron chi connectivity index (χ2n) is 12.6. The minimum absolute atomic E-state index is 0.933. The molecule has 0 N–H and O–H groups in total. The number of rotatable bonds is 1. The maximum absolute atomic E-state index is 6.21. The fourth-order valence-corrected chi connectivity index (χ4v) is 7.78. The number of para-hydroxylation sites is 3. The molecule has 0 aliphatic heterocycles. The van der Waals surface area contributed by atoms with Crippen LogP contribution in [0.4, 0.5) is 0 Å². The van der Waals surface area contributed by atoms with Gasteiger partial charge in [0.05, 0.1) is 16.6 Å². The van der Waals surface area contributed by atoms with E-state index in [1.54, 1.807) is 0 Å². The number of hydrogen-bond donors (Lipinski definition) is 0. The van der Waals surface area contributed by atoms with Gasteiger partial charge in [0.1, 0.15) is 11.2 Å². The molecule has 0 aliphatic rings. The van der Waals surface area contributed by atoms with Crippen LogP contribution in [0.2, 0.25) is 0 Å². The molecule has 3 nitrogen and oxygen atoms in total. The molecule has 0 amide bonds. The van der Waals surface area contributed by atoms with E-state index in [2.05, 4.69) is 168 Å². The molecule has 3 heterocycles. The fourth-order valence-electron chi connectivity index (χ4n) is 7.78. The van der Waals surface area contributed by atoms with Gasteiger partial charge in [0.15, 0.2) is 0 Å². The number of benzene rings is 8. The monoisotopic (exact) mass is 614 g/mol. The largest absolute Gasteiger partial charge is 0.456 e. The maximum Gasteiger partial charge on any atom is 0.137 e. The molecule has 0 saturated heterocycles. The Labute approximate surface area is 276 Å². The predicted molar refractivity (Wildman–Crippen MR) is 203 cm³/mol. The summed E-state index contributed by atoms with van der Waals surface area (Å²) in [5.41, 5.74) is 7.91. The van der Waals surface area contributed by atoms with E-state index in [-0.39, 0.29) is 0 Å². The van der Waals surface area contributed by atoms with Crippen LogP contribution in [0, 0.1) is 0 Å². The van der Waals surface area contributed by atoms with E-state index in [1.165, 1.54) is 76.2 Å². The molecule has 0 fully saturated rings. The first-order chi connectivity index (χ1) is 23.7. The molecular weight excluding hydrogens is 585 g/mol. The van der Waals surface area contributed by atoms with Gasteiger partial charge in [-0.05, 0) is 64.0 Å². The van der Waals surface area contributed by atoms with Crippen LogP contribution in [0.15, 0.2) is 168 Å². The van der Waals surface area contributed by atoms with Gasteiger partial charge in [-0.2, -0.15) is 0 Å². The van der Waals surface area contributed by atoms with Crippen LogP contribution in [0.25, 0.3) is 92.8 Å². The van der Waals surface area contributed by atoms with Crippen LogP contribution in [0.3, 0.4) is 0 Å². The van der Waals surface area contributed by atoms with Crippen molar-refractivity contribution in [2.45, 2.75) is 0 Å². The first kappa shape index (κ1) is 26.9. The highest BCUT2D eigenvalue weighted by atomic mass is 16.3. The van der Waals surface area contributed by atoms with Gasteiger partial charge in [0.2, 0.25) is 0 Å². The smallest absolute Gasteiger partial charge is 0.137 e. The Bertz CT molecular complexity index is 2960. The van der Waals surface area contributed by atoms with Crippen molar-refractivity contribution < 1.29 is 4.42 Å². The highest BCUT2D eigenvalue weighted by molar-refractivity contribution is 6.30. The molecule has 0 unspecified atom stereocenters. The summed E-state index contributed by atoms with van der Waals surface area (Å²) in [5, 5.41) is 12.8. The average molecular weight is 615 g/mol. The van der Waals surface area contributed by atoms with E-state index in [0.29, 0.717) is 0 Å². The second kappa shape index (κ2) is 10.3. The van der Waals surface area contributed by atoms with Gasteiger partial charge in [-0.1, -0.05) is 115 Å². The molecule has 3 heteroatoms. The zero-order chi connectivity index (χ0) is 31.8. The van der Waals surface area contributed by atoms with Crippen LogP contribution in [-0.2, 0) is 7.05 Å². The quantitative estimate of drug-likeness (QED) is 0.169. The number of furan rings is 1. The lowest BCUT2D eigenvalue weighted by Crippen LogP contribution is -1.93. The van der Waals surface area contributed by atoms with Gasteiger partial charge in [0, 0.05) is 56.6 Å². The van der Waals surface area contributed by atoms with Crippen molar-refractivity contribution in [3.05, 3.63) is 164 Å². The number of aryl methyl sites for hydroxylation is 1. The van der Waals surface area contributed by atoms with Crippen molar-refractivity contribution in [1.82, 2.24) is 9.13 Å². The molecule has 226 valence electrons. The lowest BCUT2D eigenvalue weighted by Gasteiger charge is -2.07. The maximum atomic E-state index is 6.21. The summed E-state index contributed by atoms with van der Waals surface area (Å²) in [6, 6.07) is 58.1. The van der Waals surface area contributed by atoms with Crippen molar-refractivity contribution in [1.29, 1.82) is 0 Å². The SMILES string of the molecule is Cn1c2cc3oc4ccccc4c3cc2c2c3c4ccccc4n(-c4ccccc4)c3ccc21.c1ccc2c(c1)ccc1ccccc12. The van der Waals surface area contributed by atoms with Gasteiger partial charge in [-0.3, -0.25) is 0 Å². The van der Waals surface area contributed by atoms with Crippen molar-refractivity contribution in [3.63, 3.8) is 0 Å². The number of nitrogens with zero attached hydrogens (tertiary/aromatic N) is 2. The molecule has 11 aromatic rings. The molecule has 0 saturated carbocycles. The molecule has 8 aromatic carbocycles. The summed E-state index contributed by atoms with van der Waals surface area (Å²) in [5.74, 6) is 0. The zero-order valence-electron chi connectivity index (χ0n) is 26.4. The third-order valence-electron chi connectivity index (χ3n) is 9.97. The lowest BCUT2D eigenvalue weighted by atomic mass is 10.0. The highest BCUT2D eigenvalue weighted by Crippen LogP contribution is 2.43. The standard InChI is InChI=1S/C31H20N2O.C14H10/c1-32-25-15-16-26-30(21-12-5-7-13-24(21)33(26)19-9-3-2-4-10-19)31(25)23-17-22-20-11-6-8-14-28(20)34-29(22)18-27(23)32;1-3-7-13-11(5-1)9-10-12-6-2-4-8-14(12)13/h2-18H,1H3;1-10H. The minimum Gasteiger partial charge on any atom is -0.456 e. The van der Waals surface area contributed by atoms with Crippen molar-refractivity contribution in [3.8, 4) is 5.69 Å². The molecule has 0 spiro atoms. The Hall–Kier alpha value is -6.32. The van der Waals surface area contributed by atoms with Gasteiger partial charge in [-0.15, -0.1) is 0 Å². The Morgan fingerprint density at radius 3 is 1.71 bits per heavy atom. The third kappa shape index (κ3) is 3.88. The molecule has 0 aliphatic carbocycles. The highest BCUT2D eigenvalue weighted by Gasteiger charge is 2.20. The molecule has 11 rings (SSSR count). The second-order valence-corrected chi connectivity index (χ2v) is 12.6. The summed E-state index contributed by atoms with van der Waals surface area (Å²) < 4.78 is 10.9. The topological polar surface area (TPSA) is 23.0 Å². The van der Waals surface area contributed by atoms with Crippen molar-refractivity contribution >= 4 is 87.1 Å². The zero-order valence-corrected chi connectivity index (χ0v) is 26.4. The van der Waals surface area contributed by atoms with Crippen LogP contribution in [-0.4, -0.2) is 9.13 Å². The van der Waals surface area contributed by atoms with Crippen LogP contribution >= 0.6 is 0 Å². The van der Waals surface area contributed by atoms with E-state index in [4.69, 9.17) is 4.42 Å². The van der Waals surface area contributed by atoms with Crippen LogP contribution in [0.1, 0.15) is 0 Å². The van der Waals surface area contributed by atoms with E-state index in [0.717, 1.165) is 16.6 Å². The van der Waals surface area contributed by atoms with Crippen LogP contribution in [0.5, 0.6) is 0 Å². The first-order valence-electron chi connectivity index (χ1n) is 16.4. The van der Waals surface area contributed by atoms with E-state index in [1.807, 2.05) is 12.1 Å². The Morgan fingerprint density at radius 2 is 0.958 bits per heavy atom. The molecule has 3 aromatic heterocycles. The van der Waals surface area contributed by atoms with Crippen molar-refractivity contribution in [2.75, 3.05) is 0 Å². The van der Waals surface area contributed by atoms with Crippen molar-refractivity contribution in [2.24, 2.45) is 7.05 Å². The average Bonchev–Trinajstić information content (AvgIpc) is 3.78. The van der Waals surface area contributed by atoms with Gasteiger partial charge in [-0.25, -0.2) is 0 Å². The van der Waals surface area contributed by atoms with Gasteiger partial charge < -0.3 is 13.6 Å². The first-order valence-corrected chi connectivity index (χ1v) is 16.4. The van der Waals surface area contributed by atoms with E-state index < -0.39 is 0 Å². The van der Waals surface area contributed by atoms with E-state index >= 15 is 0 Å². The Balaban J connectivity index is 0.000000176. The summed E-state index contributed by atoms with van der Waals surface area (Å²) in [4.78, 5) is 0. The van der Waals surface area contributed by atoms with Gasteiger partial charge >= 0.3 is 0 Å². The van der Waals surface area contributed by atoms with Gasteiger partial charge in [0.25, 0.3) is 0 Å². The fraction of sp³-hybridized carbons (Fsp3) is 0.0222. The van der Waals surface area contributed by atoms with E-state index in [9.17, 15) is 0 Å². The Kier molecular flexibility index (Phi) is 5.79. The Morgan fingerprint density at radius 1 is 0.375 bits per heavy atom. The summed E-state index contributed by atoms with van der Waals surface area (Å²) in [7, 11) is 2.15. The molecule has 0 atom stereocenters. The normalized spacial score (nSPS) is 11.9. The lowest BCUT2D eigenvalue weighted by molar-refractivity contribution is 0.669. The summed E-state index contributed by atoms with van der Waals surface area (Å²) >= 11 is 0. The molecular formula is C45H30N2O. The number of hydrogen-bond acceptors (Lipinski definition) is 1. The third-order valence-corrected chi connectivity index (χ3v) is 9.97. The van der Waals surface area contributed by atoms with Crippen LogP contribution < -0.4 is 0 Å².